The average molecular weight is 237 g/mol. The number of furan rings is 1. The molecule has 0 aliphatic heterocycles. The first-order valence-electron chi connectivity index (χ1n) is 5.29. The first-order valence-corrected chi connectivity index (χ1v) is 5.29. The SMILES string of the molecule is CNC(c1coc(C)c1)c1ccc(F)cc1F. The third-order valence-electron chi connectivity index (χ3n) is 2.65. The molecule has 1 unspecified atom stereocenters. The summed E-state index contributed by atoms with van der Waals surface area (Å²) >= 11 is 0. The van der Waals surface area contributed by atoms with Crippen LogP contribution in [0.15, 0.2) is 34.9 Å². The molecule has 0 bridgehead atoms. The molecule has 0 saturated carbocycles. The Morgan fingerprint density at radius 3 is 2.53 bits per heavy atom. The molecule has 1 heterocycles. The van der Waals surface area contributed by atoms with E-state index in [4.69, 9.17) is 4.42 Å². The smallest absolute Gasteiger partial charge is 0.131 e. The molecule has 0 aliphatic rings. The van der Waals surface area contributed by atoms with Crippen molar-refractivity contribution >= 4 is 0 Å². The molecule has 2 rings (SSSR count). The Morgan fingerprint density at radius 1 is 1.24 bits per heavy atom. The second-order valence-electron chi connectivity index (χ2n) is 3.88. The number of rotatable bonds is 3. The number of halogens is 2. The van der Waals surface area contributed by atoms with Crippen LogP contribution in [0.4, 0.5) is 8.78 Å². The van der Waals surface area contributed by atoms with Crippen LogP contribution in [0.3, 0.4) is 0 Å². The van der Waals surface area contributed by atoms with Gasteiger partial charge in [0.15, 0.2) is 0 Å². The number of aryl methyl sites for hydroxylation is 1. The molecule has 0 fully saturated rings. The van der Waals surface area contributed by atoms with Gasteiger partial charge in [-0.2, -0.15) is 0 Å². The minimum absolute atomic E-state index is 0.340. The van der Waals surface area contributed by atoms with Gasteiger partial charge in [0.25, 0.3) is 0 Å². The zero-order valence-electron chi connectivity index (χ0n) is 9.63. The molecule has 1 atom stereocenters. The molecule has 1 aromatic heterocycles. The lowest BCUT2D eigenvalue weighted by molar-refractivity contribution is 0.523. The van der Waals surface area contributed by atoms with Crippen LogP contribution in [0.2, 0.25) is 0 Å². The van der Waals surface area contributed by atoms with Crippen molar-refractivity contribution < 1.29 is 13.2 Å². The van der Waals surface area contributed by atoms with Crippen LogP contribution in [0, 0.1) is 18.6 Å². The highest BCUT2D eigenvalue weighted by Gasteiger charge is 2.18. The van der Waals surface area contributed by atoms with Crippen LogP contribution < -0.4 is 5.32 Å². The summed E-state index contributed by atoms with van der Waals surface area (Å²) in [6.45, 7) is 1.82. The maximum absolute atomic E-state index is 13.7. The van der Waals surface area contributed by atoms with Gasteiger partial charge in [0.2, 0.25) is 0 Å². The van der Waals surface area contributed by atoms with E-state index in [2.05, 4.69) is 5.32 Å². The Bertz CT molecular complexity index is 522. The Hall–Kier alpha value is -1.68. The van der Waals surface area contributed by atoms with Gasteiger partial charge in [0.05, 0.1) is 12.3 Å². The number of hydrogen-bond donors (Lipinski definition) is 1. The van der Waals surface area contributed by atoms with Gasteiger partial charge in [0.1, 0.15) is 17.4 Å². The minimum Gasteiger partial charge on any atom is -0.469 e. The lowest BCUT2D eigenvalue weighted by Gasteiger charge is -2.15. The maximum Gasteiger partial charge on any atom is 0.131 e. The Morgan fingerprint density at radius 2 is 2.00 bits per heavy atom. The monoisotopic (exact) mass is 237 g/mol. The van der Waals surface area contributed by atoms with E-state index in [-0.39, 0.29) is 6.04 Å². The molecule has 17 heavy (non-hydrogen) atoms. The van der Waals surface area contributed by atoms with Gasteiger partial charge in [-0.05, 0) is 26.1 Å². The molecular formula is C13H13F2NO. The van der Waals surface area contributed by atoms with Gasteiger partial charge in [-0.3, -0.25) is 0 Å². The van der Waals surface area contributed by atoms with Crippen LogP contribution >= 0.6 is 0 Å². The zero-order valence-corrected chi connectivity index (χ0v) is 9.63. The third-order valence-corrected chi connectivity index (χ3v) is 2.65. The predicted molar refractivity (Wildman–Crippen MR) is 60.7 cm³/mol. The maximum atomic E-state index is 13.7. The minimum atomic E-state index is -0.579. The van der Waals surface area contributed by atoms with Gasteiger partial charge in [-0.15, -0.1) is 0 Å². The van der Waals surface area contributed by atoms with E-state index in [1.807, 2.05) is 13.0 Å². The summed E-state index contributed by atoms with van der Waals surface area (Å²) in [5.74, 6) is -0.393. The van der Waals surface area contributed by atoms with Gasteiger partial charge < -0.3 is 9.73 Å². The quantitative estimate of drug-likeness (QED) is 0.887. The molecule has 0 saturated heterocycles. The molecule has 2 aromatic rings. The van der Waals surface area contributed by atoms with Gasteiger partial charge in [-0.1, -0.05) is 6.07 Å². The largest absolute Gasteiger partial charge is 0.469 e. The van der Waals surface area contributed by atoms with E-state index in [9.17, 15) is 8.78 Å². The molecule has 0 aliphatic carbocycles. The summed E-state index contributed by atoms with van der Waals surface area (Å²) in [5, 5.41) is 2.99. The fourth-order valence-corrected chi connectivity index (χ4v) is 1.85. The highest BCUT2D eigenvalue weighted by atomic mass is 19.1. The highest BCUT2D eigenvalue weighted by molar-refractivity contribution is 5.32. The summed E-state index contributed by atoms with van der Waals surface area (Å²) < 4.78 is 31.7. The van der Waals surface area contributed by atoms with E-state index in [1.54, 1.807) is 13.3 Å². The Kier molecular flexibility index (Phi) is 3.24. The van der Waals surface area contributed by atoms with Gasteiger partial charge >= 0.3 is 0 Å². The molecule has 0 spiro atoms. The zero-order chi connectivity index (χ0) is 12.4. The summed E-state index contributed by atoms with van der Waals surface area (Å²) in [4.78, 5) is 0. The van der Waals surface area contributed by atoms with E-state index >= 15 is 0 Å². The summed E-state index contributed by atoms with van der Waals surface area (Å²) in [6.07, 6.45) is 1.57. The molecule has 90 valence electrons. The van der Waals surface area contributed by atoms with Crippen molar-refractivity contribution in [1.29, 1.82) is 0 Å². The van der Waals surface area contributed by atoms with Gasteiger partial charge in [-0.25, -0.2) is 8.78 Å². The Labute approximate surface area is 98.3 Å². The van der Waals surface area contributed by atoms with Crippen molar-refractivity contribution in [2.24, 2.45) is 0 Å². The van der Waals surface area contributed by atoms with Crippen molar-refractivity contribution in [1.82, 2.24) is 5.32 Å². The number of benzene rings is 1. The molecule has 2 nitrogen and oxygen atoms in total. The molecule has 0 radical (unpaired) electrons. The standard InChI is InChI=1S/C13H13F2NO/c1-8-5-9(7-17-8)13(16-2)11-4-3-10(14)6-12(11)15/h3-7,13,16H,1-2H3. The van der Waals surface area contributed by atoms with E-state index in [0.717, 1.165) is 17.4 Å². The number of hydrogen-bond acceptors (Lipinski definition) is 2. The highest BCUT2D eigenvalue weighted by Crippen LogP contribution is 2.26. The fraction of sp³-hybridized carbons (Fsp3) is 0.231. The van der Waals surface area contributed by atoms with Crippen molar-refractivity contribution in [3.63, 3.8) is 0 Å². The molecule has 1 N–H and O–H groups in total. The van der Waals surface area contributed by atoms with Crippen LogP contribution in [-0.4, -0.2) is 7.05 Å². The van der Waals surface area contributed by atoms with Crippen molar-refractivity contribution in [3.8, 4) is 0 Å². The van der Waals surface area contributed by atoms with Crippen LogP contribution in [0.5, 0.6) is 0 Å². The average Bonchev–Trinajstić information content (AvgIpc) is 2.69. The summed E-state index contributed by atoms with van der Waals surface area (Å²) in [7, 11) is 1.72. The van der Waals surface area contributed by atoms with Crippen LogP contribution in [0.25, 0.3) is 0 Å². The Balaban J connectivity index is 2.42. The first kappa shape index (κ1) is 11.8. The van der Waals surface area contributed by atoms with E-state index in [1.165, 1.54) is 12.1 Å². The number of nitrogens with one attached hydrogen (secondary N) is 1. The molecule has 0 amide bonds. The van der Waals surface area contributed by atoms with Crippen molar-refractivity contribution in [2.45, 2.75) is 13.0 Å². The van der Waals surface area contributed by atoms with Gasteiger partial charge in [0, 0.05) is 17.2 Å². The van der Waals surface area contributed by atoms with Crippen LogP contribution in [0.1, 0.15) is 22.9 Å². The van der Waals surface area contributed by atoms with E-state index in [0.29, 0.717) is 5.56 Å². The lowest BCUT2D eigenvalue weighted by Crippen LogP contribution is -2.18. The van der Waals surface area contributed by atoms with Crippen molar-refractivity contribution in [3.05, 3.63) is 59.1 Å². The van der Waals surface area contributed by atoms with Crippen LogP contribution in [-0.2, 0) is 0 Å². The fourth-order valence-electron chi connectivity index (χ4n) is 1.85. The lowest BCUT2D eigenvalue weighted by atomic mass is 10.0. The predicted octanol–water partition coefficient (Wildman–Crippen LogP) is 3.18. The van der Waals surface area contributed by atoms with E-state index < -0.39 is 11.6 Å². The molecular weight excluding hydrogens is 224 g/mol. The normalized spacial score (nSPS) is 12.7. The second-order valence-corrected chi connectivity index (χ2v) is 3.88. The third kappa shape index (κ3) is 2.36. The first-order chi connectivity index (χ1) is 8.11. The summed E-state index contributed by atoms with van der Waals surface area (Å²) in [6, 6.07) is 5.05. The van der Waals surface area contributed by atoms with Crippen molar-refractivity contribution in [2.75, 3.05) is 7.05 Å². The molecule has 1 aromatic carbocycles. The molecule has 4 heteroatoms. The topological polar surface area (TPSA) is 25.2 Å². The second kappa shape index (κ2) is 4.67. The summed E-state index contributed by atoms with van der Waals surface area (Å²) in [5.41, 5.74) is 1.21.